The Balaban J connectivity index is 1.95. The second kappa shape index (κ2) is 8.99. The molecule has 0 aliphatic carbocycles. The largest absolute Gasteiger partial charge is 0.431 e. The standard InChI is InChI=1S/C21H21Cl2F4N7O/c1-3-32(4-2)9-7-33(8-9)20-30-16-10(18(29)31-20)5-13(21(25,26)27)34(19(16)35)17-14(24)11(22)6-12(23)15(17)28/h5-6,9H,3-4,7-8,28H2,1-2H3,(H2,29,30,31). The predicted octanol–water partition coefficient (Wildman–Crippen LogP) is 3.94. The molecule has 1 aromatic carbocycles. The van der Waals surface area contributed by atoms with Crippen molar-refractivity contribution in [2.45, 2.75) is 26.1 Å². The Kier molecular flexibility index (Phi) is 6.49. The van der Waals surface area contributed by atoms with E-state index in [-0.39, 0.29) is 32.8 Å². The van der Waals surface area contributed by atoms with Crippen LogP contribution in [0.4, 0.5) is 35.0 Å². The van der Waals surface area contributed by atoms with Crippen molar-refractivity contribution < 1.29 is 17.6 Å². The van der Waals surface area contributed by atoms with Crippen LogP contribution in [0.2, 0.25) is 10.0 Å². The van der Waals surface area contributed by atoms with Crippen LogP contribution in [-0.2, 0) is 6.18 Å². The third-order valence-electron chi connectivity index (χ3n) is 6.06. The van der Waals surface area contributed by atoms with Gasteiger partial charge < -0.3 is 16.4 Å². The number of halogens is 6. The summed E-state index contributed by atoms with van der Waals surface area (Å²) < 4.78 is 57.1. The summed E-state index contributed by atoms with van der Waals surface area (Å²) in [5, 5.41) is -1.25. The zero-order valence-electron chi connectivity index (χ0n) is 18.6. The van der Waals surface area contributed by atoms with Crippen LogP contribution in [0.5, 0.6) is 0 Å². The summed E-state index contributed by atoms with van der Waals surface area (Å²) in [6.07, 6.45) is -5.10. The lowest BCUT2D eigenvalue weighted by atomic mass is 10.1. The molecule has 4 N–H and O–H groups in total. The number of hydrogen-bond acceptors (Lipinski definition) is 7. The number of alkyl halides is 3. The van der Waals surface area contributed by atoms with E-state index < -0.39 is 45.2 Å². The number of aromatic nitrogens is 3. The van der Waals surface area contributed by atoms with Crippen molar-refractivity contribution >= 4 is 51.6 Å². The number of rotatable bonds is 5. The van der Waals surface area contributed by atoms with Gasteiger partial charge in [0.05, 0.1) is 21.1 Å². The first kappa shape index (κ1) is 25.3. The molecule has 1 aliphatic heterocycles. The number of anilines is 3. The Labute approximate surface area is 207 Å². The van der Waals surface area contributed by atoms with Crippen molar-refractivity contribution in [1.29, 1.82) is 0 Å². The van der Waals surface area contributed by atoms with Crippen LogP contribution >= 0.6 is 23.2 Å². The third kappa shape index (κ3) is 4.23. The number of nitrogens with zero attached hydrogens (tertiary/aromatic N) is 5. The highest BCUT2D eigenvalue weighted by atomic mass is 35.5. The molecular weight excluding hydrogens is 513 g/mol. The van der Waals surface area contributed by atoms with Crippen LogP contribution in [-0.4, -0.2) is 51.7 Å². The number of fused-ring (bicyclic) bond motifs is 1. The van der Waals surface area contributed by atoms with Crippen molar-refractivity contribution in [2.24, 2.45) is 0 Å². The van der Waals surface area contributed by atoms with Crippen molar-refractivity contribution in [3.8, 4) is 5.69 Å². The van der Waals surface area contributed by atoms with Gasteiger partial charge in [0.25, 0.3) is 5.56 Å². The second-order valence-electron chi connectivity index (χ2n) is 8.04. The van der Waals surface area contributed by atoms with Gasteiger partial charge in [0.2, 0.25) is 5.95 Å². The summed E-state index contributed by atoms with van der Waals surface area (Å²) in [6.45, 7) is 6.85. The number of nitrogen functional groups attached to an aromatic ring is 2. The number of pyridine rings is 1. The highest BCUT2D eigenvalue weighted by molar-refractivity contribution is 6.37. The van der Waals surface area contributed by atoms with E-state index in [0.717, 1.165) is 19.2 Å². The molecule has 3 heterocycles. The number of hydrogen-bond donors (Lipinski definition) is 2. The van der Waals surface area contributed by atoms with Gasteiger partial charge in [-0.25, -0.2) is 9.37 Å². The fraction of sp³-hybridized carbons (Fsp3) is 0.381. The van der Waals surface area contributed by atoms with Gasteiger partial charge in [-0.3, -0.25) is 14.3 Å². The molecule has 8 nitrogen and oxygen atoms in total. The molecule has 0 unspecified atom stereocenters. The molecule has 3 aromatic rings. The fourth-order valence-corrected chi connectivity index (χ4v) is 4.63. The van der Waals surface area contributed by atoms with Gasteiger partial charge in [-0.1, -0.05) is 37.0 Å². The van der Waals surface area contributed by atoms with Crippen LogP contribution in [0, 0.1) is 5.82 Å². The van der Waals surface area contributed by atoms with Crippen LogP contribution in [0.3, 0.4) is 0 Å². The summed E-state index contributed by atoms with van der Waals surface area (Å²) in [6, 6.07) is 1.75. The molecule has 188 valence electrons. The smallest absolute Gasteiger partial charge is 0.396 e. The second-order valence-corrected chi connectivity index (χ2v) is 8.85. The van der Waals surface area contributed by atoms with Crippen LogP contribution in [0.15, 0.2) is 16.9 Å². The van der Waals surface area contributed by atoms with Gasteiger partial charge in [-0.2, -0.15) is 18.2 Å². The molecule has 2 aromatic heterocycles. The molecule has 0 atom stereocenters. The van der Waals surface area contributed by atoms with E-state index >= 15 is 0 Å². The predicted molar refractivity (Wildman–Crippen MR) is 128 cm³/mol. The highest BCUT2D eigenvalue weighted by Gasteiger charge is 2.38. The minimum Gasteiger partial charge on any atom is -0.396 e. The summed E-state index contributed by atoms with van der Waals surface area (Å²) in [5.41, 5.74) is 6.97. The molecule has 4 rings (SSSR count). The molecule has 14 heteroatoms. The average Bonchev–Trinajstić information content (AvgIpc) is 2.75. The van der Waals surface area contributed by atoms with E-state index in [1.807, 2.05) is 13.8 Å². The Morgan fingerprint density at radius 3 is 2.31 bits per heavy atom. The molecule has 0 bridgehead atoms. The lowest BCUT2D eigenvalue weighted by molar-refractivity contribution is -0.142. The molecule has 0 radical (unpaired) electrons. The Morgan fingerprint density at radius 2 is 1.74 bits per heavy atom. The topological polar surface area (TPSA) is 106 Å². The van der Waals surface area contributed by atoms with Crippen molar-refractivity contribution in [3.05, 3.63) is 44.0 Å². The number of benzene rings is 1. The van der Waals surface area contributed by atoms with Gasteiger partial charge >= 0.3 is 6.18 Å². The van der Waals surface area contributed by atoms with E-state index in [1.54, 1.807) is 4.90 Å². The Morgan fingerprint density at radius 1 is 1.11 bits per heavy atom. The van der Waals surface area contributed by atoms with E-state index in [4.69, 9.17) is 34.7 Å². The van der Waals surface area contributed by atoms with Gasteiger partial charge in [-0.15, -0.1) is 0 Å². The van der Waals surface area contributed by atoms with E-state index in [0.29, 0.717) is 19.2 Å². The van der Waals surface area contributed by atoms with E-state index in [2.05, 4.69) is 14.9 Å². The zero-order chi connectivity index (χ0) is 25.8. The third-order valence-corrected chi connectivity index (χ3v) is 6.65. The summed E-state index contributed by atoms with van der Waals surface area (Å²) in [4.78, 5) is 25.7. The molecule has 35 heavy (non-hydrogen) atoms. The van der Waals surface area contributed by atoms with Crippen LogP contribution in [0.1, 0.15) is 19.5 Å². The lowest BCUT2D eigenvalue weighted by Crippen LogP contribution is -2.60. The maximum Gasteiger partial charge on any atom is 0.431 e. The maximum atomic E-state index is 14.9. The lowest BCUT2D eigenvalue weighted by Gasteiger charge is -2.44. The first-order valence-electron chi connectivity index (χ1n) is 10.6. The first-order valence-corrected chi connectivity index (χ1v) is 11.4. The average molecular weight is 534 g/mol. The maximum absolute atomic E-state index is 14.9. The normalized spacial score (nSPS) is 14.7. The molecule has 0 spiro atoms. The fourth-order valence-electron chi connectivity index (χ4n) is 4.17. The summed E-state index contributed by atoms with van der Waals surface area (Å²) >= 11 is 11.7. The van der Waals surface area contributed by atoms with Crippen molar-refractivity contribution in [3.63, 3.8) is 0 Å². The SMILES string of the molecule is CCN(CC)C1CN(c2nc(N)c3cc(C(F)(F)F)n(-c4c(N)c(Cl)cc(Cl)c4F)c(=O)c3n2)C1. The van der Waals surface area contributed by atoms with Gasteiger partial charge in [0.1, 0.15) is 22.7 Å². The molecular formula is C21H21Cl2F4N7O. The summed E-state index contributed by atoms with van der Waals surface area (Å²) in [5.74, 6) is -1.57. The minimum atomic E-state index is -5.10. The van der Waals surface area contributed by atoms with Crippen molar-refractivity contribution in [1.82, 2.24) is 19.4 Å². The molecule has 1 fully saturated rings. The van der Waals surface area contributed by atoms with Crippen LogP contribution < -0.4 is 21.9 Å². The van der Waals surface area contributed by atoms with Crippen molar-refractivity contribution in [2.75, 3.05) is 42.5 Å². The molecule has 1 saturated heterocycles. The Bertz CT molecular complexity index is 1340. The van der Waals surface area contributed by atoms with E-state index in [9.17, 15) is 22.4 Å². The van der Waals surface area contributed by atoms with Gasteiger partial charge in [0, 0.05) is 19.1 Å². The van der Waals surface area contributed by atoms with E-state index in [1.165, 1.54) is 0 Å². The number of likely N-dealkylation sites (N-methyl/N-ethyl adjacent to an activating group) is 1. The monoisotopic (exact) mass is 533 g/mol. The highest BCUT2D eigenvalue weighted by Crippen LogP contribution is 2.38. The minimum absolute atomic E-state index is 0.0792. The molecule has 0 saturated carbocycles. The molecule has 1 aliphatic rings. The van der Waals surface area contributed by atoms with Crippen LogP contribution in [0.25, 0.3) is 16.6 Å². The molecule has 0 amide bonds. The quantitative estimate of drug-likeness (QED) is 0.290. The van der Waals surface area contributed by atoms with Gasteiger partial charge in [0.15, 0.2) is 5.82 Å². The number of nitrogens with two attached hydrogens (primary N) is 2. The Hall–Kier alpha value is -2.83. The summed E-state index contributed by atoms with van der Waals surface area (Å²) in [7, 11) is 0. The zero-order valence-corrected chi connectivity index (χ0v) is 20.1. The first-order chi connectivity index (χ1) is 16.4. The van der Waals surface area contributed by atoms with Gasteiger partial charge in [-0.05, 0) is 25.2 Å².